The van der Waals surface area contributed by atoms with E-state index in [0.29, 0.717) is 16.7 Å². The third-order valence-corrected chi connectivity index (χ3v) is 4.37. The highest BCUT2D eigenvalue weighted by atomic mass is 79.9. The molecular formula is C15H14BrClN4. The summed E-state index contributed by atoms with van der Waals surface area (Å²) in [5.41, 5.74) is 2.29. The van der Waals surface area contributed by atoms with Gasteiger partial charge in [-0.05, 0) is 28.1 Å². The van der Waals surface area contributed by atoms with E-state index >= 15 is 0 Å². The molecule has 0 aliphatic heterocycles. The topological polar surface area (TPSA) is 43.1 Å². The van der Waals surface area contributed by atoms with Gasteiger partial charge in [0.1, 0.15) is 16.5 Å². The maximum absolute atomic E-state index is 6.24. The first kappa shape index (κ1) is 14.5. The Morgan fingerprint density at radius 2 is 1.90 bits per heavy atom. The van der Waals surface area contributed by atoms with Crippen molar-refractivity contribution in [3.05, 3.63) is 45.9 Å². The second kappa shape index (κ2) is 5.07. The Labute approximate surface area is 136 Å². The molecule has 0 aliphatic rings. The van der Waals surface area contributed by atoms with E-state index in [4.69, 9.17) is 11.6 Å². The molecule has 21 heavy (non-hydrogen) atoms. The Morgan fingerprint density at radius 3 is 2.57 bits per heavy atom. The number of imidazole rings is 1. The van der Waals surface area contributed by atoms with Crippen LogP contribution in [-0.4, -0.2) is 19.4 Å². The molecule has 0 bridgehead atoms. The second-order valence-corrected chi connectivity index (χ2v) is 6.99. The van der Waals surface area contributed by atoms with Crippen LogP contribution in [0.2, 0.25) is 5.15 Å². The van der Waals surface area contributed by atoms with Crippen LogP contribution in [0.5, 0.6) is 0 Å². The fraction of sp³-hybridized carbons (Fsp3) is 0.267. The summed E-state index contributed by atoms with van der Waals surface area (Å²) >= 11 is 9.72. The van der Waals surface area contributed by atoms with Crippen molar-refractivity contribution in [2.24, 2.45) is 0 Å². The number of pyridine rings is 1. The highest BCUT2D eigenvalue weighted by Gasteiger charge is 2.23. The largest absolute Gasteiger partial charge is 0.306 e. The third kappa shape index (κ3) is 2.68. The van der Waals surface area contributed by atoms with Crippen LogP contribution in [0, 0.1) is 0 Å². The van der Waals surface area contributed by atoms with E-state index in [0.717, 1.165) is 15.8 Å². The predicted octanol–water partition coefficient (Wildman–Crippen LogP) is 4.50. The quantitative estimate of drug-likeness (QED) is 0.596. The normalized spacial score (nSPS) is 12.0. The standard InChI is InChI=1S/C15H14BrClN4/c1-15(2,3)12-11(16)13(17)20-14(19-12)9-8-21-7-5-4-6-10(21)18-9/h4-8H,1-3H3. The minimum Gasteiger partial charge on any atom is -0.306 e. The zero-order valence-corrected chi connectivity index (χ0v) is 14.3. The number of nitrogens with zero attached hydrogens (tertiary/aromatic N) is 4. The molecule has 0 saturated heterocycles. The van der Waals surface area contributed by atoms with E-state index < -0.39 is 0 Å². The number of hydrogen-bond donors (Lipinski definition) is 0. The molecule has 3 rings (SSSR count). The van der Waals surface area contributed by atoms with Gasteiger partial charge >= 0.3 is 0 Å². The fourth-order valence-corrected chi connectivity index (χ4v) is 3.02. The zero-order chi connectivity index (χ0) is 15.2. The number of halogens is 2. The summed E-state index contributed by atoms with van der Waals surface area (Å²) in [4.78, 5) is 13.5. The summed E-state index contributed by atoms with van der Waals surface area (Å²) in [5.74, 6) is 0.539. The van der Waals surface area contributed by atoms with Gasteiger partial charge in [-0.3, -0.25) is 0 Å². The first-order valence-corrected chi connectivity index (χ1v) is 7.71. The predicted molar refractivity (Wildman–Crippen MR) is 87.6 cm³/mol. The van der Waals surface area contributed by atoms with Crippen LogP contribution in [-0.2, 0) is 5.41 Å². The highest BCUT2D eigenvalue weighted by molar-refractivity contribution is 9.10. The molecule has 108 valence electrons. The molecule has 3 aromatic heterocycles. The molecule has 0 fully saturated rings. The highest BCUT2D eigenvalue weighted by Crippen LogP contribution is 2.33. The van der Waals surface area contributed by atoms with E-state index in [1.165, 1.54) is 0 Å². The van der Waals surface area contributed by atoms with Gasteiger partial charge in [0.25, 0.3) is 0 Å². The van der Waals surface area contributed by atoms with E-state index in [-0.39, 0.29) is 5.41 Å². The number of hydrogen-bond acceptors (Lipinski definition) is 3. The maximum Gasteiger partial charge on any atom is 0.181 e. The molecule has 6 heteroatoms. The Bertz CT molecular complexity index is 787. The second-order valence-electron chi connectivity index (χ2n) is 5.84. The number of fused-ring (bicyclic) bond motifs is 1. The van der Waals surface area contributed by atoms with Gasteiger partial charge in [0, 0.05) is 17.8 Å². The van der Waals surface area contributed by atoms with Crippen molar-refractivity contribution < 1.29 is 0 Å². The summed E-state index contributed by atoms with van der Waals surface area (Å²) in [6.45, 7) is 6.26. The van der Waals surface area contributed by atoms with Gasteiger partial charge in [0.15, 0.2) is 5.82 Å². The number of rotatable bonds is 1. The van der Waals surface area contributed by atoms with Crippen LogP contribution in [0.15, 0.2) is 35.1 Å². The molecule has 4 nitrogen and oxygen atoms in total. The van der Waals surface area contributed by atoms with E-state index in [1.54, 1.807) is 0 Å². The Balaban J connectivity index is 2.20. The molecule has 0 N–H and O–H groups in total. The van der Waals surface area contributed by atoms with Gasteiger partial charge in [-0.15, -0.1) is 0 Å². The van der Waals surface area contributed by atoms with Crippen molar-refractivity contribution in [2.45, 2.75) is 26.2 Å². The monoisotopic (exact) mass is 364 g/mol. The van der Waals surface area contributed by atoms with Crippen LogP contribution < -0.4 is 0 Å². The van der Waals surface area contributed by atoms with Crippen LogP contribution in [0.25, 0.3) is 17.2 Å². The molecule has 0 saturated carbocycles. The lowest BCUT2D eigenvalue weighted by Crippen LogP contribution is -2.16. The van der Waals surface area contributed by atoms with Gasteiger partial charge in [-0.1, -0.05) is 38.4 Å². The first-order valence-electron chi connectivity index (χ1n) is 6.54. The molecule has 0 unspecified atom stereocenters. The first-order chi connectivity index (χ1) is 9.86. The van der Waals surface area contributed by atoms with Gasteiger partial charge in [-0.2, -0.15) is 0 Å². The van der Waals surface area contributed by atoms with E-state index in [1.807, 2.05) is 35.0 Å². The van der Waals surface area contributed by atoms with Crippen molar-refractivity contribution >= 4 is 33.2 Å². The van der Waals surface area contributed by atoms with E-state index in [2.05, 4.69) is 51.7 Å². The lowest BCUT2D eigenvalue weighted by molar-refractivity contribution is 0.564. The van der Waals surface area contributed by atoms with Crippen LogP contribution in [0.1, 0.15) is 26.5 Å². The Morgan fingerprint density at radius 1 is 1.14 bits per heavy atom. The summed E-state index contributed by atoms with van der Waals surface area (Å²) in [7, 11) is 0. The Hall–Kier alpha value is -1.46. The fourth-order valence-electron chi connectivity index (χ4n) is 2.07. The van der Waals surface area contributed by atoms with Gasteiger partial charge < -0.3 is 4.40 Å². The smallest absolute Gasteiger partial charge is 0.181 e. The van der Waals surface area contributed by atoms with Gasteiger partial charge in [0.05, 0.1) is 10.2 Å². The molecule has 3 heterocycles. The molecule has 0 atom stereocenters. The van der Waals surface area contributed by atoms with Crippen molar-refractivity contribution in [2.75, 3.05) is 0 Å². The molecule has 0 spiro atoms. The van der Waals surface area contributed by atoms with Crippen LogP contribution in [0.4, 0.5) is 0 Å². The van der Waals surface area contributed by atoms with Gasteiger partial charge in [-0.25, -0.2) is 15.0 Å². The molecule has 0 aromatic carbocycles. The molecule has 0 radical (unpaired) electrons. The average molecular weight is 366 g/mol. The van der Waals surface area contributed by atoms with Crippen molar-refractivity contribution in [3.8, 4) is 11.5 Å². The minimum atomic E-state index is -0.140. The third-order valence-electron chi connectivity index (χ3n) is 3.11. The van der Waals surface area contributed by atoms with E-state index in [9.17, 15) is 0 Å². The van der Waals surface area contributed by atoms with Crippen LogP contribution in [0.3, 0.4) is 0 Å². The molecular weight excluding hydrogens is 352 g/mol. The summed E-state index contributed by atoms with van der Waals surface area (Å²) in [6, 6.07) is 5.84. The van der Waals surface area contributed by atoms with Crippen molar-refractivity contribution in [1.82, 2.24) is 19.4 Å². The molecule has 3 aromatic rings. The van der Waals surface area contributed by atoms with Gasteiger partial charge in [0.2, 0.25) is 0 Å². The Kier molecular flexibility index (Phi) is 3.50. The summed E-state index contributed by atoms with van der Waals surface area (Å²) in [6.07, 6.45) is 3.85. The lowest BCUT2D eigenvalue weighted by atomic mass is 9.92. The van der Waals surface area contributed by atoms with Crippen molar-refractivity contribution in [1.29, 1.82) is 0 Å². The maximum atomic E-state index is 6.24. The molecule has 0 amide bonds. The van der Waals surface area contributed by atoms with Crippen LogP contribution >= 0.6 is 27.5 Å². The lowest BCUT2D eigenvalue weighted by Gasteiger charge is -2.20. The van der Waals surface area contributed by atoms with Crippen molar-refractivity contribution in [3.63, 3.8) is 0 Å². The number of aromatic nitrogens is 4. The SMILES string of the molecule is CC(C)(C)c1nc(-c2cn3ccccc3n2)nc(Cl)c1Br. The summed E-state index contributed by atoms with van der Waals surface area (Å²) < 4.78 is 2.68. The minimum absolute atomic E-state index is 0.140. The zero-order valence-electron chi connectivity index (χ0n) is 11.9. The molecule has 0 aliphatic carbocycles. The average Bonchev–Trinajstić information content (AvgIpc) is 2.84. The summed E-state index contributed by atoms with van der Waals surface area (Å²) in [5, 5.41) is 0.405.